The van der Waals surface area contributed by atoms with Crippen molar-refractivity contribution in [3.63, 3.8) is 0 Å². The molecule has 0 aliphatic heterocycles. The molecule has 58 valence electrons. The van der Waals surface area contributed by atoms with Gasteiger partial charge in [-0.1, -0.05) is 13.8 Å². The summed E-state index contributed by atoms with van der Waals surface area (Å²) >= 11 is 0. The van der Waals surface area contributed by atoms with Crippen LogP contribution in [0.3, 0.4) is 0 Å². The second-order valence-corrected chi connectivity index (χ2v) is 6.77. The predicted molar refractivity (Wildman–Crippen MR) is 40.9 cm³/mol. The van der Waals surface area contributed by atoms with E-state index >= 15 is 0 Å². The van der Waals surface area contributed by atoms with Gasteiger partial charge in [-0.3, -0.25) is 0 Å². The van der Waals surface area contributed by atoms with Crippen molar-refractivity contribution in [2.45, 2.75) is 25.9 Å². The normalized spacial score (nSPS) is 10.0. The summed E-state index contributed by atoms with van der Waals surface area (Å²) in [4.78, 5) is 0. The van der Waals surface area contributed by atoms with Crippen LogP contribution in [0.4, 0.5) is 0 Å². The van der Waals surface area contributed by atoms with Crippen LogP contribution >= 0.6 is 0 Å². The van der Waals surface area contributed by atoms with Gasteiger partial charge in [0, 0.05) is 0 Å². The molecule has 0 heterocycles. The first-order valence-corrected chi connectivity index (χ1v) is 5.73. The van der Waals surface area contributed by atoms with Gasteiger partial charge in [-0.2, -0.15) is 0 Å². The number of rotatable bonds is 3. The van der Waals surface area contributed by atoms with Gasteiger partial charge in [-0.15, -0.1) is 0 Å². The maximum Gasteiger partial charge on any atom is 0.267 e. The standard InChI is InChI=1S/C6H17NSi.ClH/c1-5-8(6-2)7(3)4;/h8H,5-6H2,1-4H3;1H. The van der Waals surface area contributed by atoms with Crippen LogP contribution in [0.1, 0.15) is 13.8 Å². The van der Waals surface area contributed by atoms with E-state index in [1.165, 1.54) is 12.1 Å². The fourth-order valence-corrected chi connectivity index (χ4v) is 3.32. The lowest BCUT2D eigenvalue weighted by Crippen LogP contribution is -3.12. The Morgan fingerprint density at radius 1 is 1.11 bits per heavy atom. The van der Waals surface area contributed by atoms with E-state index in [0.29, 0.717) is 0 Å². The van der Waals surface area contributed by atoms with Crippen LogP contribution in [0.5, 0.6) is 0 Å². The van der Waals surface area contributed by atoms with E-state index in [4.69, 9.17) is 0 Å². The summed E-state index contributed by atoms with van der Waals surface area (Å²) in [5, 5.41) is 0. The minimum atomic E-state index is -0.349. The highest BCUT2D eigenvalue weighted by Gasteiger charge is 2.12. The summed E-state index contributed by atoms with van der Waals surface area (Å²) in [6.45, 7) is 4.63. The highest BCUT2D eigenvalue weighted by molar-refractivity contribution is 6.49. The molecule has 0 saturated carbocycles. The third-order valence-corrected chi connectivity index (χ3v) is 5.41. The zero-order valence-electron chi connectivity index (χ0n) is 6.87. The predicted octanol–water partition coefficient (Wildman–Crippen LogP) is -3.10. The molecule has 3 heteroatoms. The number of halogens is 1. The average Bonchev–Trinajstić information content (AvgIpc) is 1.69. The van der Waals surface area contributed by atoms with Gasteiger partial charge in [-0.05, 0) is 12.1 Å². The Labute approximate surface area is 66.5 Å². The quantitative estimate of drug-likeness (QED) is 0.425. The zero-order valence-corrected chi connectivity index (χ0v) is 8.78. The highest BCUT2D eigenvalue weighted by Crippen LogP contribution is 1.86. The summed E-state index contributed by atoms with van der Waals surface area (Å²) in [5.41, 5.74) is 0. The summed E-state index contributed by atoms with van der Waals surface area (Å²) < 4.78 is 1.72. The summed E-state index contributed by atoms with van der Waals surface area (Å²) in [5.74, 6) is 0. The maximum absolute atomic E-state index is 2.31. The average molecular weight is 168 g/mol. The van der Waals surface area contributed by atoms with E-state index in [-0.39, 0.29) is 21.4 Å². The molecule has 0 aromatic rings. The van der Waals surface area contributed by atoms with Crippen LogP contribution < -0.4 is 17.0 Å². The fraction of sp³-hybridized carbons (Fsp3) is 1.00. The lowest BCUT2D eigenvalue weighted by molar-refractivity contribution is -0.742. The molecule has 0 rings (SSSR count). The molecule has 1 N–H and O–H groups in total. The molecule has 0 aliphatic carbocycles. The minimum absolute atomic E-state index is 0. The van der Waals surface area contributed by atoms with E-state index in [1.807, 2.05) is 0 Å². The van der Waals surface area contributed by atoms with Gasteiger partial charge < -0.3 is 17.0 Å². The van der Waals surface area contributed by atoms with Gasteiger partial charge in [0.1, 0.15) is 0 Å². The van der Waals surface area contributed by atoms with Gasteiger partial charge in [0.2, 0.25) is 0 Å². The maximum atomic E-state index is 2.31. The molecular formula is C6H18ClNSi. The zero-order chi connectivity index (χ0) is 6.57. The van der Waals surface area contributed by atoms with Crippen LogP contribution in [0, 0.1) is 0 Å². The molecule has 0 unspecified atom stereocenters. The van der Waals surface area contributed by atoms with Crippen molar-refractivity contribution in [1.82, 2.24) is 0 Å². The van der Waals surface area contributed by atoms with Crippen LogP contribution in [0.15, 0.2) is 0 Å². The number of hydrogen-bond acceptors (Lipinski definition) is 0. The third kappa shape index (κ3) is 4.94. The first-order valence-electron chi connectivity index (χ1n) is 3.52. The highest BCUT2D eigenvalue weighted by atomic mass is 35.5. The van der Waals surface area contributed by atoms with Crippen molar-refractivity contribution in [3.05, 3.63) is 0 Å². The van der Waals surface area contributed by atoms with Crippen LogP contribution in [0.2, 0.25) is 12.1 Å². The molecule has 0 amide bonds. The molecular weight excluding hydrogens is 150 g/mol. The van der Waals surface area contributed by atoms with Gasteiger partial charge in [0.15, 0.2) is 0 Å². The number of quaternary nitrogens is 1. The van der Waals surface area contributed by atoms with Gasteiger partial charge in [0.05, 0.1) is 14.1 Å². The van der Waals surface area contributed by atoms with Crippen molar-refractivity contribution < 1.29 is 17.0 Å². The Morgan fingerprint density at radius 2 is 1.44 bits per heavy atom. The molecule has 0 bridgehead atoms. The van der Waals surface area contributed by atoms with Crippen molar-refractivity contribution in [1.29, 1.82) is 0 Å². The largest absolute Gasteiger partial charge is 1.00 e. The summed E-state index contributed by atoms with van der Waals surface area (Å²) in [6.07, 6.45) is 0. The Kier molecular flexibility index (Phi) is 8.91. The molecule has 0 atom stereocenters. The molecule has 0 spiro atoms. The third-order valence-electron chi connectivity index (χ3n) is 1.80. The fourth-order valence-electron chi connectivity index (χ4n) is 1.11. The minimum Gasteiger partial charge on any atom is -1.00 e. The Morgan fingerprint density at radius 3 is 1.44 bits per heavy atom. The molecule has 0 saturated heterocycles. The van der Waals surface area contributed by atoms with Gasteiger partial charge in [0.25, 0.3) is 8.96 Å². The summed E-state index contributed by atoms with van der Waals surface area (Å²) in [6, 6.07) is 2.89. The van der Waals surface area contributed by atoms with Crippen molar-refractivity contribution in [2.75, 3.05) is 14.1 Å². The topological polar surface area (TPSA) is 4.44 Å². The van der Waals surface area contributed by atoms with Gasteiger partial charge >= 0.3 is 0 Å². The van der Waals surface area contributed by atoms with Gasteiger partial charge in [-0.25, -0.2) is 0 Å². The van der Waals surface area contributed by atoms with Crippen molar-refractivity contribution in [3.8, 4) is 0 Å². The second-order valence-electron chi connectivity index (χ2n) is 2.59. The molecule has 1 nitrogen and oxygen atoms in total. The van der Waals surface area contributed by atoms with Crippen LogP contribution in [-0.4, -0.2) is 23.1 Å². The molecule has 9 heavy (non-hydrogen) atoms. The Bertz CT molecular complexity index is 55.0. The van der Waals surface area contributed by atoms with Crippen molar-refractivity contribution >= 4 is 8.96 Å². The van der Waals surface area contributed by atoms with E-state index in [2.05, 4.69) is 27.9 Å². The molecule has 0 aliphatic rings. The Hall–Kier alpha value is 0.467. The summed E-state index contributed by atoms with van der Waals surface area (Å²) in [7, 11) is 4.21. The number of nitrogens with one attached hydrogen (secondary N) is 1. The van der Waals surface area contributed by atoms with Crippen LogP contribution in [-0.2, 0) is 0 Å². The lowest BCUT2D eigenvalue weighted by Gasteiger charge is -2.14. The number of hydrogen-bond donors (Lipinski definition) is 1. The van der Waals surface area contributed by atoms with Crippen molar-refractivity contribution in [2.24, 2.45) is 0 Å². The molecule has 0 aromatic heterocycles. The second kappa shape index (κ2) is 6.58. The monoisotopic (exact) mass is 167 g/mol. The Balaban J connectivity index is 0. The first-order chi connectivity index (χ1) is 3.72. The van der Waals surface area contributed by atoms with E-state index in [9.17, 15) is 0 Å². The molecule has 0 aromatic carbocycles. The lowest BCUT2D eigenvalue weighted by atomic mass is 10.9. The van der Waals surface area contributed by atoms with E-state index < -0.39 is 0 Å². The smallest absolute Gasteiger partial charge is 0.267 e. The van der Waals surface area contributed by atoms with Crippen LogP contribution in [0.25, 0.3) is 0 Å². The van der Waals surface area contributed by atoms with E-state index in [0.717, 1.165) is 0 Å². The first kappa shape index (κ1) is 12.2. The molecule has 0 fully saturated rings. The SMILES string of the molecule is CC[SiH](CC)[NH+](C)C.[Cl-]. The van der Waals surface area contributed by atoms with E-state index in [1.54, 1.807) is 4.57 Å². The molecule has 0 radical (unpaired) electrons.